The summed E-state index contributed by atoms with van der Waals surface area (Å²) in [6, 6.07) is 13.3. The van der Waals surface area contributed by atoms with E-state index in [0.29, 0.717) is 0 Å². The van der Waals surface area contributed by atoms with Crippen molar-refractivity contribution in [3.05, 3.63) is 64.8 Å². The molecule has 2 nitrogen and oxygen atoms in total. The van der Waals surface area contributed by atoms with Crippen molar-refractivity contribution in [3.63, 3.8) is 0 Å². The number of nitrogens with zero attached hydrogens (tertiary/aromatic N) is 1. The second kappa shape index (κ2) is 5.07. The predicted molar refractivity (Wildman–Crippen MR) is 107 cm³/mol. The molecule has 0 saturated carbocycles. The molecule has 0 saturated heterocycles. The summed E-state index contributed by atoms with van der Waals surface area (Å²) in [5.74, 6) is 1.97. The zero-order valence-electron chi connectivity index (χ0n) is 15.9. The minimum Gasteiger partial charge on any atom is -0.455 e. The van der Waals surface area contributed by atoms with Crippen molar-refractivity contribution in [3.8, 4) is 22.8 Å². The maximum absolute atomic E-state index is 6.53. The fraction of sp³-hybridized carbons (Fsp3) is 0.208. The van der Waals surface area contributed by atoms with Gasteiger partial charge in [0.15, 0.2) is 6.20 Å². The number of aromatic nitrogens is 1. The fourth-order valence-electron chi connectivity index (χ4n) is 4.42. The van der Waals surface area contributed by atoms with Gasteiger partial charge in [-0.15, -0.1) is 0 Å². The molecule has 0 radical (unpaired) electrons. The first-order valence-corrected chi connectivity index (χ1v) is 9.10. The highest BCUT2D eigenvalue weighted by Gasteiger charge is 2.31. The van der Waals surface area contributed by atoms with Crippen LogP contribution in [0.1, 0.15) is 22.3 Å². The molecule has 1 aliphatic heterocycles. The third-order valence-electron chi connectivity index (χ3n) is 5.72. The summed E-state index contributed by atoms with van der Waals surface area (Å²) in [4.78, 5) is 0. The normalized spacial score (nSPS) is 12.3. The summed E-state index contributed by atoms with van der Waals surface area (Å²) < 4.78 is 8.76. The lowest BCUT2D eigenvalue weighted by Crippen LogP contribution is -2.32. The van der Waals surface area contributed by atoms with E-state index in [0.717, 1.165) is 11.5 Å². The lowest BCUT2D eigenvalue weighted by molar-refractivity contribution is -0.659. The van der Waals surface area contributed by atoms with Gasteiger partial charge < -0.3 is 4.74 Å². The van der Waals surface area contributed by atoms with Gasteiger partial charge >= 0.3 is 0 Å². The van der Waals surface area contributed by atoms with Crippen molar-refractivity contribution in [1.29, 1.82) is 0 Å². The molecule has 0 aliphatic carbocycles. The number of benzene rings is 3. The zero-order chi connectivity index (χ0) is 18.2. The van der Waals surface area contributed by atoms with Crippen molar-refractivity contribution in [1.82, 2.24) is 0 Å². The number of rotatable bonds is 0. The van der Waals surface area contributed by atoms with Crippen molar-refractivity contribution in [2.24, 2.45) is 7.05 Å². The second-order valence-corrected chi connectivity index (χ2v) is 7.61. The van der Waals surface area contributed by atoms with Gasteiger partial charge in [0.1, 0.15) is 18.5 Å². The van der Waals surface area contributed by atoms with Crippen molar-refractivity contribution in [2.75, 3.05) is 0 Å². The monoisotopic (exact) mass is 340 g/mol. The minimum atomic E-state index is 0.966. The van der Waals surface area contributed by atoms with Gasteiger partial charge in [-0.1, -0.05) is 29.8 Å². The second-order valence-electron chi connectivity index (χ2n) is 7.61. The molecule has 2 heteroatoms. The van der Waals surface area contributed by atoms with E-state index in [2.05, 4.69) is 81.9 Å². The van der Waals surface area contributed by atoms with Crippen LogP contribution in [-0.4, -0.2) is 0 Å². The van der Waals surface area contributed by atoms with Crippen molar-refractivity contribution < 1.29 is 9.30 Å². The van der Waals surface area contributed by atoms with E-state index >= 15 is 0 Å². The van der Waals surface area contributed by atoms with Crippen LogP contribution in [0, 0.1) is 27.7 Å². The van der Waals surface area contributed by atoms with Crippen LogP contribution in [0.25, 0.3) is 32.8 Å². The third-order valence-corrected chi connectivity index (χ3v) is 5.72. The van der Waals surface area contributed by atoms with Crippen molar-refractivity contribution in [2.45, 2.75) is 27.7 Å². The van der Waals surface area contributed by atoms with E-state index in [1.807, 2.05) is 0 Å². The lowest BCUT2D eigenvalue weighted by Gasteiger charge is -2.24. The molecular weight excluding hydrogens is 318 g/mol. The Labute approximate surface area is 153 Å². The first kappa shape index (κ1) is 15.4. The Morgan fingerprint density at radius 1 is 0.808 bits per heavy atom. The quantitative estimate of drug-likeness (QED) is 0.324. The van der Waals surface area contributed by atoms with Crippen LogP contribution in [0.2, 0.25) is 0 Å². The largest absolute Gasteiger partial charge is 0.455 e. The predicted octanol–water partition coefficient (Wildman–Crippen LogP) is 5.82. The van der Waals surface area contributed by atoms with Crippen molar-refractivity contribution >= 4 is 21.5 Å². The standard InChI is InChI=1S/C24H22NO/c1-13-6-7-18-15(3)21-23-22-17(8-9-25(23)5)10-14(2)12-20(22)26-24(21)16(4)19(18)11-13/h6-12H,1-5H3/q+1. The van der Waals surface area contributed by atoms with Crippen LogP contribution in [0.5, 0.6) is 11.5 Å². The average molecular weight is 340 g/mol. The molecule has 1 aromatic heterocycles. The number of hydrogen-bond acceptors (Lipinski definition) is 1. The number of hydrogen-bond donors (Lipinski definition) is 0. The van der Waals surface area contributed by atoms with E-state index in [-0.39, 0.29) is 0 Å². The van der Waals surface area contributed by atoms with Gasteiger partial charge in [0, 0.05) is 11.6 Å². The number of ether oxygens (including phenoxy) is 1. The molecule has 3 aromatic carbocycles. The third kappa shape index (κ3) is 1.90. The summed E-state index contributed by atoms with van der Waals surface area (Å²) in [5.41, 5.74) is 7.48. The van der Waals surface area contributed by atoms with Gasteiger partial charge in [-0.05, 0) is 61.0 Å². The Morgan fingerprint density at radius 3 is 2.42 bits per heavy atom. The molecule has 128 valence electrons. The molecule has 0 spiro atoms. The van der Waals surface area contributed by atoms with E-state index < -0.39 is 0 Å². The van der Waals surface area contributed by atoms with Crippen LogP contribution >= 0.6 is 0 Å². The highest BCUT2D eigenvalue weighted by molar-refractivity contribution is 6.06. The molecule has 0 unspecified atom stereocenters. The highest BCUT2D eigenvalue weighted by Crippen LogP contribution is 2.50. The molecule has 0 bridgehead atoms. The van der Waals surface area contributed by atoms with Crippen LogP contribution < -0.4 is 9.30 Å². The van der Waals surface area contributed by atoms with Crippen LogP contribution in [0.3, 0.4) is 0 Å². The van der Waals surface area contributed by atoms with E-state index in [1.165, 1.54) is 55.1 Å². The van der Waals surface area contributed by atoms with Gasteiger partial charge in [0.25, 0.3) is 0 Å². The molecule has 0 atom stereocenters. The highest BCUT2D eigenvalue weighted by atomic mass is 16.5. The van der Waals surface area contributed by atoms with E-state index in [4.69, 9.17) is 4.74 Å². The topological polar surface area (TPSA) is 13.1 Å². The Morgan fingerprint density at radius 2 is 1.62 bits per heavy atom. The van der Waals surface area contributed by atoms with Gasteiger partial charge in [-0.2, -0.15) is 0 Å². The minimum absolute atomic E-state index is 0.966. The number of fused-ring (bicyclic) bond motifs is 3. The molecule has 1 aliphatic rings. The summed E-state index contributed by atoms with van der Waals surface area (Å²) >= 11 is 0. The molecule has 0 fully saturated rings. The van der Waals surface area contributed by atoms with Gasteiger partial charge in [-0.3, -0.25) is 0 Å². The summed E-state index contributed by atoms with van der Waals surface area (Å²) in [5, 5.41) is 5.04. The molecule has 26 heavy (non-hydrogen) atoms. The average Bonchev–Trinajstić information content (AvgIpc) is 2.61. The van der Waals surface area contributed by atoms with Crippen LogP contribution in [-0.2, 0) is 7.05 Å². The molecule has 4 aromatic rings. The Kier molecular flexibility index (Phi) is 3.00. The first-order chi connectivity index (χ1) is 12.5. The zero-order valence-corrected chi connectivity index (χ0v) is 15.9. The summed E-state index contributed by atoms with van der Waals surface area (Å²) in [6.07, 6.45) is 2.16. The fourth-order valence-corrected chi connectivity index (χ4v) is 4.42. The maximum Gasteiger partial charge on any atom is 0.228 e. The van der Waals surface area contributed by atoms with Gasteiger partial charge in [0.2, 0.25) is 5.69 Å². The SMILES string of the molecule is Cc1cc2c3c([n+](C)ccc3c1)-c1c(c(C)c3cc(C)ccc3c1C)O2. The molecule has 0 amide bonds. The number of pyridine rings is 1. The Balaban J connectivity index is 2.03. The van der Waals surface area contributed by atoms with E-state index in [1.54, 1.807) is 0 Å². The van der Waals surface area contributed by atoms with Crippen LogP contribution in [0.15, 0.2) is 42.6 Å². The Hall–Kier alpha value is -2.87. The molecule has 0 N–H and O–H groups in total. The first-order valence-electron chi connectivity index (χ1n) is 9.10. The van der Waals surface area contributed by atoms with Crippen LogP contribution in [0.4, 0.5) is 0 Å². The van der Waals surface area contributed by atoms with E-state index in [9.17, 15) is 0 Å². The Bertz CT molecular complexity index is 1250. The number of aryl methyl sites for hydroxylation is 5. The summed E-state index contributed by atoms with van der Waals surface area (Å²) in [7, 11) is 2.13. The summed E-state index contributed by atoms with van der Waals surface area (Å²) in [6.45, 7) is 8.68. The maximum atomic E-state index is 6.53. The molecule has 5 rings (SSSR count). The molecular formula is C24H22NO+. The van der Waals surface area contributed by atoms with Gasteiger partial charge in [0.05, 0.1) is 10.9 Å². The lowest BCUT2D eigenvalue weighted by atomic mass is 9.88. The molecule has 2 heterocycles. The smallest absolute Gasteiger partial charge is 0.228 e. The van der Waals surface area contributed by atoms with Gasteiger partial charge in [-0.25, -0.2) is 4.57 Å².